The maximum atomic E-state index is 13.7. The van der Waals surface area contributed by atoms with Crippen LogP contribution in [0.2, 0.25) is 0 Å². The van der Waals surface area contributed by atoms with E-state index in [1.165, 1.54) is 18.5 Å². The highest BCUT2D eigenvalue weighted by Crippen LogP contribution is 2.44. The SMILES string of the molecule is C[C@H](NC(=O)C1(c2cccc(F)c2)CCC1)c1ccc(-n2cncn2)cc1. The zero-order valence-electron chi connectivity index (χ0n) is 15.1. The van der Waals surface area contributed by atoms with Crippen LogP contribution in [0.5, 0.6) is 0 Å². The van der Waals surface area contributed by atoms with Crippen molar-refractivity contribution >= 4 is 5.91 Å². The van der Waals surface area contributed by atoms with Gasteiger partial charge in [0.2, 0.25) is 5.91 Å². The van der Waals surface area contributed by atoms with E-state index in [1.807, 2.05) is 37.3 Å². The topological polar surface area (TPSA) is 59.8 Å². The van der Waals surface area contributed by atoms with Crippen molar-refractivity contribution in [3.05, 3.63) is 78.1 Å². The molecule has 27 heavy (non-hydrogen) atoms. The third-order valence-electron chi connectivity index (χ3n) is 5.44. The van der Waals surface area contributed by atoms with Crippen LogP contribution in [0, 0.1) is 5.82 Å². The molecule has 0 radical (unpaired) electrons. The van der Waals surface area contributed by atoms with Gasteiger partial charge in [-0.05, 0) is 55.2 Å². The lowest BCUT2D eigenvalue weighted by atomic mass is 9.63. The summed E-state index contributed by atoms with van der Waals surface area (Å²) >= 11 is 0. The van der Waals surface area contributed by atoms with Gasteiger partial charge in [0.1, 0.15) is 18.5 Å². The second-order valence-corrected chi connectivity index (χ2v) is 7.07. The maximum absolute atomic E-state index is 13.7. The molecule has 1 amide bonds. The quantitative estimate of drug-likeness (QED) is 0.751. The van der Waals surface area contributed by atoms with Crippen molar-refractivity contribution in [2.24, 2.45) is 0 Å². The Hall–Kier alpha value is -3.02. The summed E-state index contributed by atoms with van der Waals surface area (Å²) < 4.78 is 15.3. The lowest BCUT2D eigenvalue weighted by Crippen LogP contribution is -2.49. The monoisotopic (exact) mass is 364 g/mol. The molecule has 1 aliphatic rings. The fraction of sp³-hybridized carbons (Fsp3) is 0.286. The molecule has 0 aliphatic heterocycles. The summed E-state index contributed by atoms with van der Waals surface area (Å²) in [6.07, 6.45) is 5.60. The van der Waals surface area contributed by atoms with Gasteiger partial charge in [0.25, 0.3) is 0 Å². The van der Waals surface area contributed by atoms with Crippen molar-refractivity contribution in [1.29, 1.82) is 0 Å². The number of hydrogen-bond donors (Lipinski definition) is 1. The summed E-state index contributed by atoms with van der Waals surface area (Å²) in [5, 5.41) is 7.22. The van der Waals surface area contributed by atoms with Gasteiger partial charge in [-0.25, -0.2) is 14.1 Å². The van der Waals surface area contributed by atoms with Gasteiger partial charge < -0.3 is 5.32 Å². The molecule has 5 nitrogen and oxygen atoms in total. The van der Waals surface area contributed by atoms with Gasteiger partial charge in [0, 0.05) is 0 Å². The summed E-state index contributed by atoms with van der Waals surface area (Å²) in [6.45, 7) is 1.96. The Labute approximate surface area is 157 Å². The molecule has 1 atom stereocenters. The number of amides is 1. The molecule has 2 aromatic carbocycles. The van der Waals surface area contributed by atoms with Crippen molar-refractivity contribution in [3.8, 4) is 5.69 Å². The highest BCUT2D eigenvalue weighted by Gasteiger charge is 2.46. The summed E-state index contributed by atoms with van der Waals surface area (Å²) in [5.41, 5.74) is 2.06. The first-order valence-corrected chi connectivity index (χ1v) is 9.10. The first-order valence-electron chi connectivity index (χ1n) is 9.10. The van der Waals surface area contributed by atoms with E-state index in [1.54, 1.807) is 17.1 Å². The van der Waals surface area contributed by atoms with E-state index in [0.717, 1.165) is 36.1 Å². The fourth-order valence-corrected chi connectivity index (χ4v) is 3.64. The summed E-state index contributed by atoms with van der Waals surface area (Å²) in [7, 11) is 0. The van der Waals surface area contributed by atoms with Crippen molar-refractivity contribution in [2.45, 2.75) is 37.6 Å². The molecule has 0 saturated heterocycles. The number of carbonyl (C=O) groups excluding carboxylic acids is 1. The van der Waals surface area contributed by atoms with E-state index in [4.69, 9.17) is 0 Å². The normalized spacial score (nSPS) is 16.4. The number of aromatic nitrogens is 3. The molecule has 1 aromatic heterocycles. The Balaban J connectivity index is 1.50. The molecule has 1 aliphatic carbocycles. The first-order chi connectivity index (χ1) is 13.1. The number of nitrogens with one attached hydrogen (secondary N) is 1. The summed E-state index contributed by atoms with van der Waals surface area (Å²) in [4.78, 5) is 17.0. The number of nitrogens with zero attached hydrogens (tertiary/aromatic N) is 3. The van der Waals surface area contributed by atoms with Crippen molar-refractivity contribution in [2.75, 3.05) is 0 Å². The molecule has 0 spiro atoms. The van der Waals surface area contributed by atoms with Crippen LogP contribution in [-0.2, 0) is 10.2 Å². The van der Waals surface area contributed by atoms with E-state index in [0.29, 0.717) is 0 Å². The molecule has 1 saturated carbocycles. The molecule has 4 rings (SSSR count). The van der Waals surface area contributed by atoms with Crippen LogP contribution in [0.15, 0.2) is 61.2 Å². The highest BCUT2D eigenvalue weighted by atomic mass is 19.1. The van der Waals surface area contributed by atoms with Crippen molar-refractivity contribution in [1.82, 2.24) is 20.1 Å². The molecule has 0 unspecified atom stereocenters. The Kier molecular flexibility index (Phi) is 4.48. The number of carbonyl (C=O) groups is 1. The molecule has 1 fully saturated rings. The third kappa shape index (κ3) is 3.23. The van der Waals surface area contributed by atoms with Crippen LogP contribution >= 0.6 is 0 Å². The van der Waals surface area contributed by atoms with Gasteiger partial charge in [0.15, 0.2) is 0 Å². The number of rotatable bonds is 5. The minimum atomic E-state index is -0.614. The number of benzene rings is 2. The molecular formula is C21H21FN4O. The van der Waals surface area contributed by atoms with Crippen molar-refractivity contribution in [3.63, 3.8) is 0 Å². The molecular weight excluding hydrogens is 343 g/mol. The van der Waals surface area contributed by atoms with Gasteiger partial charge in [-0.1, -0.05) is 30.7 Å². The van der Waals surface area contributed by atoms with E-state index < -0.39 is 5.41 Å². The van der Waals surface area contributed by atoms with Crippen LogP contribution in [0.4, 0.5) is 4.39 Å². The van der Waals surface area contributed by atoms with Crippen molar-refractivity contribution < 1.29 is 9.18 Å². The first kappa shape index (κ1) is 17.4. The predicted molar refractivity (Wildman–Crippen MR) is 99.8 cm³/mol. The Morgan fingerprint density at radius 3 is 2.59 bits per heavy atom. The number of hydrogen-bond acceptors (Lipinski definition) is 3. The van der Waals surface area contributed by atoms with Gasteiger partial charge in [-0.15, -0.1) is 0 Å². The van der Waals surface area contributed by atoms with Gasteiger partial charge in [-0.3, -0.25) is 4.79 Å². The average molecular weight is 364 g/mol. The minimum Gasteiger partial charge on any atom is -0.349 e. The second kappa shape index (κ2) is 6.95. The van der Waals surface area contributed by atoms with Crippen LogP contribution in [0.3, 0.4) is 0 Å². The smallest absolute Gasteiger partial charge is 0.231 e. The lowest BCUT2D eigenvalue weighted by molar-refractivity contribution is -0.130. The molecule has 0 bridgehead atoms. The van der Waals surface area contributed by atoms with E-state index in [9.17, 15) is 9.18 Å². The van der Waals surface area contributed by atoms with Crippen LogP contribution < -0.4 is 5.32 Å². The van der Waals surface area contributed by atoms with Crippen LogP contribution in [-0.4, -0.2) is 20.7 Å². The predicted octanol–water partition coefficient (Wildman–Crippen LogP) is 3.71. The van der Waals surface area contributed by atoms with E-state index >= 15 is 0 Å². The largest absolute Gasteiger partial charge is 0.349 e. The minimum absolute atomic E-state index is 0.0350. The Morgan fingerprint density at radius 1 is 1.22 bits per heavy atom. The zero-order valence-corrected chi connectivity index (χ0v) is 15.1. The fourth-order valence-electron chi connectivity index (χ4n) is 3.64. The number of halogens is 1. The summed E-state index contributed by atoms with van der Waals surface area (Å²) in [6, 6.07) is 14.1. The third-order valence-corrected chi connectivity index (χ3v) is 5.44. The standard InChI is InChI=1S/C21H21FN4O/c1-15(16-6-8-19(9-7-16)26-14-23-13-24-26)25-20(27)21(10-3-11-21)17-4-2-5-18(22)12-17/h2,4-9,12-15H,3,10-11H2,1H3,(H,25,27)/t15-/m0/s1. The molecule has 138 valence electrons. The average Bonchev–Trinajstić information content (AvgIpc) is 3.15. The Morgan fingerprint density at radius 2 is 2.00 bits per heavy atom. The summed E-state index contributed by atoms with van der Waals surface area (Å²) in [5.74, 6) is -0.337. The zero-order chi connectivity index (χ0) is 18.9. The lowest BCUT2D eigenvalue weighted by Gasteiger charge is -2.41. The van der Waals surface area contributed by atoms with Gasteiger partial charge >= 0.3 is 0 Å². The Bertz CT molecular complexity index is 933. The van der Waals surface area contributed by atoms with Crippen LogP contribution in [0.25, 0.3) is 5.69 Å². The van der Waals surface area contributed by atoms with Gasteiger partial charge in [0.05, 0.1) is 17.1 Å². The maximum Gasteiger partial charge on any atom is 0.231 e. The van der Waals surface area contributed by atoms with E-state index in [2.05, 4.69) is 15.4 Å². The molecule has 1 N–H and O–H groups in total. The van der Waals surface area contributed by atoms with Crippen LogP contribution in [0.1, 0.15) is 43.4 Å². The molecule has 1 heterocycles. The molecule has 3 aromatic rings. The molecule has 6 heteroatoms. The van der Waals surface area contributed by atoms with Gasteiger partial charge in [-0.2, -0.15) is 5.10 Å². The van der Waals surface area contributed by atoms with E-state index in [-0.39, 0.29) is 17.8 Å². The second-order valence-electron chi connectivity index (χ2n) is 7.07. The highest BCUT2D eigenvalue weighted by molar-refractivity contribution is 5.89.